The van der Waals surface area contributed by atoms with Crippen molar-refractivity contribution in [2.45, 2.75) is 51.1 Å². The van der Waals surface area contributed by atoms with Gasteiger partial charge in [0, 0.05) is 21.5 Å². The SMILES string of the molecule is Cc1ccccc1N1[C@@H](C)c2sc3occc3c2C12CCCC2. The van der Waals surface area contributed by atoms with Gasteiger partial charge in [-0.15, -0.1) is 11.3 Å². The lowest BCUT2D eigenvalue weighted by Gasteiger charge is -2.41. The molecule has 1 saturated carbocycles. The third-order valence-corrected chi connectivity index (χ3v) is 7.11. The van der Waals surface area contributed by atoms with Gasteiger partial charge in [0.2, 0.25) is 0 Å². The summed E-state index contributed by atoms with van der Waals surface area (Å²) in [4.78, 5) is 5.35. The standard InChI is InChI=1S/C20H21NOS/c1-13-7-3-4-8-16(13)21-14(2)18-17(20(21)10-5-6-11-20)15-9-12-22-19(15)23-18/h3-4,7-9,12,14H,5-6,10-11H2,1-2H3/t14-/m0/s1. The summed E-state index contributed by atoms with van der Waals surface area (Å²) in [5, 5.41) is 1.36. The molecule has 0 bridgehead atoms. The van der Waals surface area contributed by atoms with Gasteiger partial charge in [-0.25, -0.2) is 0 Å². The Labute approximate surface area is 140 Å². The Kier molecular flexibility index (Phi) is 2.76. The van der Waals surface area contributed by atoms with E-state index in [0.29, 0.717) is 6.04 Å². The molecule has 23 heavy (non-hydrogen) atoms. The smallest absolute Gasteiger partial charge is 0.188 e. The second kappa shape index (κ2) is 4.64. The van der Waals surface area contributed by atoms with Crippen molar-refractivity contribution < 1.29 is 4.42 Å². The van der Waals surface area contributed by atoms with E-state index in [1.807, 2.05) is 17.6 Å². The van der Waals surface area contributed by atoms with Crippen LogP contribution in [-0.2, 0) is 5.54 Å². The molecule has 0 amide bonds. The van der Waals surface area contributed by atoms with E-state index in [4.69, 9.17) is 4.42 Å². The lowest BCUT2D eigenvalue weighted by Crippen LogP contribution is -2.40. The van der Waals surface area contributed by atoms with E-state index in [1.165, 1.54) is 47.2 Å². The molecule has 1 aromatic carbocycles. The number of nitrogens with zero attached hydrogens (tertiary/aromatic N) is 1. The number of furan rings is 1. The maximum absolute atomic E-state index is 5.73. The Balaban J connectivity index is 1.79. The van der Waals surface area contributed by atoms with E-state index in [-0.39, 0.29) is 5.54 Å². The monoisotopic (exact) mass is 323 g/mol. The average molecular weight is 323 g/mol. The van der Waals surface area contributed by atoms with Crippen LogP contribution in [0.1, 0.15) is 54.7 Å². The summed E-state index contributed by atoms with van der Waals surface area (Å²) in [6.45, 7) is 4.61. The fourth-order valence-corrected chi connectivity index (χ4v) is 6.21. The lowest BCUT2D eigenvalue weighted by molar-refractivity contribution is 0.418. The molecule has 2 aliphatic rings. The second-order valence-corrected chi connectivity index (χ2v) is 8.05. The third kappa shape index (κ3) is 1.64. The van der Waals surface area contributed by atoms with Crippen LogP contribution in [0.25, 0.3) is 10.3 Å². The van der Waals surface area contributed by atoms with Gasteiger partial charge in [0.25, 0.3) is 0 Å². The third-order valence-electron chi connectivity index (χ3n) is 5.85. The largest absolute Gasteiger partial charge is 0.454 e. The predicted molar refractivity (Wildman–Crippen MR) is 96.3 cm³/mol. The average Bonchev–Trinajstić information content (AvgIpc) is 3.26. The number of hydrogen-bond donors (Lipinski definition) is 0. The molecule has 1 atom stereocenters. The van der Waals surface area contributed by atoms with Crippen molar-refractivity contribution in [3.05, 3.63) is 52.6 Å². The molecule has 1 aliphatic carbocycles. The van der Waals surface area contributed by atoms with E-state index in [9.17, 15) is 0 Å². The van der Waals surface area contributed by atoms with Crippen LogP contribution in [0, 0.1) is 6.92 Å². The van der Waals surface area contributed by atoms with Gasteiger partial charge in [0.05, 0.1) is 17.8 Å². The topological polar surface area (TPSA) is 16.4 Å². The van der Waals surface area contributed by atoms with Crippen LogP contribution in [-0.4, -0.2) is 0 Å². The number of hydrogen-bond acceptors (Lipinski definition) is 3. The molecule has 2 nitrogen and oxygen atoms in total. The molecule has 1 aliphatic heterocycles. The van der Waals surface area contributed by atoms with Crippen molar-refractivity contribution in [3.63, 3.8) is 0 Å². The maximum Gasteiger partial charge on any atom is 0.188 e. The normalized spacial score (nSPS) is 22.3. The van der Waals surface area contributed by atoms with Crippen LogP contribution < -0.4 is 4.90 Å². The maximum atomic E-state index is 5.73. The predicted octanol–water partition coefficient (Wildman–Crippen LogP) is 6.15. The fourth-order valence-electron chi connectivity index (χ4n) is 4.95. The Morgan fingerprint density at radius 1 is 1.17 bits per heavy atom. The Bertz CT molecular complexity index is 884. The number of anilines is 1. The van der Waals surface area contributed by atoms with Crippen LogP contribution in [0.5, 0.6) is 0 Å². The summed E-state index contributed by atoms with van der Waals surface area (Å²) >= 11 is 1.86. The van der Waals surface area contributed by atoms with Crippen molar-refractivity contribution in [2.75, 3.05) is 4.90 Å². The first kappa shape index (κ1) is 13.7. The van der Waals surface area contributed by atoms with E-state index < -0.39 is 0 Å². The highest BCUT2D eigenvalue weighted by Gasteiger charge is 2.52. The molecular formula is C20H21NOS. The Hall–Kier alpha value is -1.74. The van der Waals surface area contributed by atoms with Crippen LogP contribution in [0.4, 0.5) is 5.69 Å². The van der Waals surface area contributed by atoms with Crippen LogP contribution in [0.2, 0.25) is 0 Å². The minimum Gasteiger partial charge on any atom is -0.454 e. The zero-order chi connectivity index (χ0) is 15.6. The van der Waals surface area contributed by atoms with Crippen molar-refractivity contribution in [1.29, 1.82) is 0 Å². The molecule has 0 N–H and O–H groups in total. The van der Waals surface area contributed by atoms with Crippen molar-refractivity contribution in [1.82, 2.24) is 0 Å². The zero-order valence-electron chi connectivity index (χ0n) is 13.6. The number of fused-ring (bicyclic) bond motifs is 4. The number of rotatable bonds is 1. The van der Waals surface area contributed by atoms with Crippen molar-refractivity contribution >= 4 is 27.3 Å². The summed E-state index contributed by atoms with van der Waals surface area (Å²) in [5.41, 5.74) is 4.52. The molecule has 1 spiro atoms. The molecule has 1 fully saturated rings. The van der Waals surface area contributed by atoms with E-state index in [2.05, 4.69) is 49.1 Å². The van der Waals surface area contributed by atoms with Gasteiger partial charge in [0.1, 0.15) is 0 Å². The fraction of sp³-hybridized carbons (Fsp3) is 0.400. The summed E-state index contributed by atoms with van der Waals surface area (Å²) in [6.07, 6.45) is 7.02. The molecule has 2 aromatic heterocycles. The summed E-state index contributed by atoms with van der Waals surface area (Å²) in [5.74, 6) is 0. The first-order valence-corrected chi connectivity index (χ1v) is 9.39. The van der Waals surface area contributed by atoms with Crippen LogP contribution in [0.15, 0.2) is 41.0 Å². The van der Waals surface area contributed by atoms with Gasteiger partial charge in [-0.1, -0.05) is 31.0 Å². The number of para-hydroxylation sites is 1. The Morgan fingerprint density at radius 2 is 1.96 bits per heavy atom. The highest BCUT2D eigenvalue weighted by molar-refractivity contribution is 7.18. The lowest BCUT2D eigenvalue weighted by atomic mass is 9.88. The van der Waals surface area contributed by atoms with E-state index in [1.54, 1.807) is 5.56 Å². The first-order chi connectivity index (χ1) is 11.2. The molecule has 5 rings (SSSR count). The number of thiophene rings is 1. The van der Waals surface area contributed by atoms with Gasteiger partial charge in [-0.3, -0.25) is 0 Å². The molecule has 3 aromatic rings. The minimum atomic E-state index is 0.170. The summed E-state index contributed by atoms with van der Waals surface area (Å²) in [6, 6.07) is 11.5. The van der Waals surface area contributed by atoms with Gasteiger partial charge < -0.3 is 9.32 Å². The number of aryl methyl sites for hydroxylation is 1. The zero-order valence-corrected chi connectivity index (χ0v) is 14.5. The number of benzene rings is 1. The van der Waals surface area contributed by atoms with Gasteiger partial charge in [-0.05, 0) is 44.4 Å². The van der Waals surface area contributed by atoms with E-state index in [0.717, 1.165) is 4.90 Å². The molecule has 0 saturated heterocycles. The highest BCUT2D eigenvalue weighted by Crippen LogP contribution is 2.60. The quantitative estimate of drug-likeness (QED) is 0.534. The molecule has 3 heterocycles. The summed E-state index contributed by atoms with van der Waals surface area (Å²) < 4.78 is 5.73. The highest BCUT2D eigenvalue weighted by atomic mass is 32.1. The molecule has 3 heteroatoms. The molecule has 0 radical (unpaired) electrons. The van der Waals surface area contributed by atoms with Gasteiger partial charge in [-0.2, -0.15) is 0 Å². The second-order valence-electron chi connectivity index (χ2n) is 7.03. The minimum absolute atomic E-state index is 0.170. The van der Waals surface area contributed by atoms with Crippen molar-refractivity contribution in [2.24, 2.45) is 0 Å². The summed E-state index contributed by atoms with van der Waals surface area (Å²) in [7, 11) is 0. The first-order valence-electron chi connectivity index (χ1n) is 8.58. The molecule has 0 unspecified atom stereocenters. The van der Waals surface area contributed by atoms with E-state index >= 15 is 0 Å². The van der Waals surface area contributed by atoms with Crippen LogP contribution in [0.3, 0.4) is 0 Å². The molecule has 118 valence electrons. The van der Waals surface area contributed by atoms with Gasteiger partial charge in [0.15, 0.2) is 4.90 Å². The molecular weight excluding hydrogens is 302 g/mol. The Morgan fingerprint density at radius 3 is 2.74 bits per heavy atom. The van der Waals surface area contributed by atoms with Gasteiger partial charge >= 0.3 is 0 Å². The van der Waals surface area contributed by atoms with Crippen LogP contribution >= 0.6 is 11.3 Å². The van der Waals surface area contributed by atoms with Crippen molar-refractivity contribution in [3.8, 4) is 0 Å².